The zero-order chi connectivity index (χ0) is 19.9. The quantitative estimate of drug-likeness (QED) is 0.220. The van der Waals surface area contributed by atoms with Gasteiger partial charge in [-0.3, -0.25) is 0 Å². The number of ether oxygens (including phenoxy) is 2. The number of cyclic esters (lactones) is 1. The van der Waals surface area contributed by atoms with E-state index in [0.717, 1.165) is 38.5 Å². The summed E-state index contributed by atoms with van der Waals surface area (Å²) in [6.45, 7) is 1.71. The van der Waals surface area contributed by atoms with Crippen LogP contribution in [-0.4, -0.2) is 41.5 Å². The fraction of sp³-hybridized carbons (Fsp3) is 0.524. The van der Waals surface area contributed by atoms with E-state index >= 15 is 0 Å². The molecule has 0 bridgehead atoms. The lowest BCUT2D eigenvalue weighted by atomic mass is 10.2. The SMILES string of the molecule is CC/C=C\C/C=C\C/C=C\CCCCCOC(=O)C1=C(O)[C@@H](CO)OC1=O. The van der Waals surface area contributed by atoms with Crippen molar-refractivity contribution in [1.29, 1.82) is 0 Å². The van der Waals surface area contributed by atoms with Gasteiger partial charge in [0.15, 0.2) is 17.4 Å². The van der Waals surface area contributed by atoms with Crippen LogP contribution in [0.4, 0.5) is 0 Å². The monoisotopic (exact) mass is 378 g/mol. The molecular weight excluding hydrogens is 348 g/mol. The second-order valence-corrected chi connectivity index (χ2v) is 6.12. The van der Waals surface area contributed by atoms with E-state index in [2.05, 4.69) is 48.1 Å². The van der Waals surface area contributed by atoms with Crippen LogP contribution < -0.4 is 0 Å². The van der Waals surface area contributed by atoms with Crippen LogP contribution in [0.25, 0.3) is 0 Å². The molecule has 2 N–H and O–H groups in total. The van der Waals surface area contributed by atoms with Crippen molar-refractivity contribution in [2.24, 2.45) is 0 Å². The molecule has 27 heavy (non-hydrogen) atoms. The van der Waals surface area contributed by atoms with Gasteiger partial charge in [-0.25, -0.2) is 9.59 Å². The van der Waals surface area contributed by atoms with Gasteiger partial charge in [0.1, 0.15) is 0 Å². The van der Waals surface area contributed by atoms with Crippen molar-refractivity contribution in [3.05, 3.63) is 47.8 Å². The number of carbonyl (C=O) groups is 2. The molecule has 1 aliphatic rings. The number of hydrogen-bond acceptors (Lipinski definition) is 6. The first-order valence-corrected chi connectivity index (χ1v) is 9.48. The van der Waals surface area contributed by atoms with Gasteiger partial charge in [-0.2, -0.15) is 0 Å². The van der Waals surface area contributed by atoms with Crippen LogP contribution in [0, 0.1) is 0 Å². The Labute approximate surface area is 160 Å². The van der Waals surface area contributed by atoms with Crippen LogP contribution in [-0.2, 0) is 19.1 Å². The Hall–Kier alpha value is -2.34. The third kappa shape index (κ3) is 8.73. The third-order valence-corrected chi connectivity index (χ3v) is 3.91. The van der Waals surface area contributed by atoms with Crippen LogP contribution in [0.2, 0.25) is 0 Å². The largest absolute Gasteiger partial charge is 0.507 e. The Kier molecular flexibility index (Phi) is 11.6. The van der Waals surface area contributed by atoms with Gasteiger partial charge in [-0.1, -0.05) is 43.4 Å². The van der Waals surface area contributed by atoms with E-state index in [-0.39, 0.29) is 6.61 Å². The molecule has 0 spiro atoms. The van der Waals surface area contributed by atoms with E-state index in [1.165, 1.54) is 0 Å². The second-order valence-electron chi connectivity index (χ2n) is 6.12. The molecule has 1 rings (SSSR count). The lowest BCUT2D eigenvalue weighted by Gasteiger charge is -2.04. The Morgan fingerprint density at radius 3 is 2.37 bits per heavy atom. The summed E-state index contributed by atoms with van der Waals surface area (Å²) in [5.74, 6) is -2.43. The Morgan fingerprint density at radius 2 is 1.74 bits per heavy atom. The van der Waals surface area contributed by atoms with Crippen LogP contribution in [0.15, 0.2) is 47.8 Å². The molecule has 0 aromatic heterocycles. The first kappa shape index (κ1) is 22.7. The minimum absolute atomic E-state index is 0.171. The Bertz CT molecular complexity index is 585. The van der Waals surface area contributed by atoms with Gasteiger partial charge < -0.3 is 19.7 Å². The molecule has 0 unspecified atom stereocenters. The standard InChI is InChI=1S/C21H30O6/c1-2-3-4-5-6-7-8-9-10-11-12-13-14-15-26-20(24)18-19(23)17(16-22)27-21(18)25/h3-4,6-7,9-10,17,22-23H,2,5,8,11-16H2,1H3/b4-3-,7-6-,10-9-/t17-/m1/s1. The topological polar surface area (TPSA) is 93.1 Å². The van der Waals surface area contributed by atoms with Crippen molar-refractivity contribution in [1.82, 2.24) is 0 Å². The van der Waals surface area contributed by atoms with Gasteiger partial charge in [0.25, 0.3) is 0 Å². The first-order valence-electron chi connectivity index (χ1n) is 9.48. The van der Waals surface area contributed by atoms with Gasteiger partial charge in [0.2, 0.25) is 0 Å². The average Bonchev–Trinajstić information content (AvgIpc) is 2.95. The molecule has 1 aliphatic heterocycles. The van der Waals surface area contributed by atoms with Crippen LogP contribution in [0.1, 0.15) is 51.9 Å². The van der Waals surface area contributed by atoms with Crippen LogP contribution in [0.5, 0.6) is 0 Å². The summed E-state index contributed by atoms with van der Waals surface area (Å²) in [4.78, 5) is 23.3. The normalized spacial score (nSPS) is 17.6. The zero-order valence-corrected chi connectivity index (χ0v) is 15.9. The fourth-order valence-corrected chi connectivity index (χ4v) is 2.43. The second kappa shape index (κ2) is 13.8. The summed E-state index contributed by atoms with van der Waals surface area (Å²) in [5.41, 5.74) is -0.518. The van der Waals surface area contributed by atoms with Gasteiger partial charge in [-0.05, 0) is 44.9 Å². The maximum absolute atomic E-state index is 11.8. The molecule has 0 aliphatic carbocycles. The van der Waals surface area contributed by atoms with E-state index in [1.54, 1.807) is 0 Å². The van der Waals surface area contributed by atoms with Gasteiger partial charge in [0, 0.05) is 0 Å². The maximum Gasteiger partial charge on any atom is 0.350 e. The average molecular weight is 378 g/mol. The molecule has 1 heterocycles. The number of aliphatic hydroxyl groups excluding tert-OH is 2. The van der Waals surface area contributed by atoms with Gasteiger partial charge in [-0.15, -0.1) is 0 Å². The minimum atomic E-state index is -1.17. The minimum Gasteiger partial charge on any atom is -0.507 e. The highest BCUT2D eigenvalue weighted by Gasteiger charge is 2.39. The Balaban J connectivity index is 2.08. The van der Waals surface area contributed by atoms with E-state index in [1.807, 2.05) is 0 Å². The molecule has 0 fully saturated rings. The van der Waals surface area contributed by atoms with Crippen molar-refractivity contribution >= 4 is 11.9 Å². The lowest BCUT2D eigenvalue weighted by molar-refractivity contribution is -0.147. The number of carbonyl (C=O) groups excluding carboxylic acids is 2. The molecular formula is C21H30O6. The maximum atomic E-state index is 11.8. The predicted molar refractivity (Wildman–Crippen MR) is 103 cm³/mol. The molecule has 0 radical (unpaired) electrons. The molecule has 6 heteroatoms. The predicted octanol–water partition coefficient (Wildman–Crippen LogP) is 3.68. The Morgan fingerprint density at radius 1 is 1.07 bits per heavy atom. The number of unbranched alkanes of at least 4 members (excludes halogenated alkanes) is 3. The zero-order valence-electron chi connectivity index (χ0n) is 15.9. The smallest absolute Gasteiger partial charge is 0.350 e. The number of esters is 2. The van der Waals surface area contributed by atoms with E-state index in [4.69, 9.17) is 9.84 Å². The van der Waals surface area contributed by atoms with E-state index in [0.29, 0.717) is 6.42 Å². The third-order valence-electron chi connectivity index (χ3n) is 3.91. The lowest BCUT2D eigenvalue weighted by Crippen LogP contribution is -2.16. The van der Waals surface area contributed by atoms with Crippen LogP contribution >= 0.6 is 0 Å². The molecule has 150 valence electrons. The van der Waals surface area contributed by atoms with Crippen molar-refractivity contribution in [3.63, 3.8) is 0 Å². The van der Waals surface area contributed by atoms with E-state index < -0.39 is 36.0 Å². The molecule has 6 nitrogen and oxygen atoms in total. The van der Waals surface area contributed by atoms with Crippen molar-refractivity contribution in [2.45, 2.75) is 58.0 Å². The first-order chi connectivity index (χ1) is 13.1. The van der Waals surface area contributed by atoms with E-state index in [9.17, 15) is 14.7 Å². The molecule has 0 saturated heterocycles. The summed E-state index contributed by atoms with van der Waals surface area (Å²) < 4.78 is 9.64. The summed E-state index contributed by atoms with van der Waals surface area (Å²) in [6.07, 6.45) is 18.2. The van der Waals surface area contributed by atoms with Gasteiger partial charge >= 0.3 is 11.9 Å². The number of allylic oxidation sites excluding steroid dienone is 6. The summed E-state index contributed by atoms with van der Waals surface area (Å²) in [7, 11) is 0. The van der Waals surface area contributed by atoms with Crippen molar-refractivity contribution in [2.75, 3.05) is 13.2 Å². The number of hydrogen-bond donors (Lipinski definition) is 2. The molecule has 1 atom stereocenters. The molecule has 0 aromatic rings. The summed E-state index contributed by atoms with van der Waals surface area (Å²) >= 11 is 0. The highest BCUT2D eigenvalue weighted by atomic mass is 16.6. The van der Waals surface area contributed by atoms with Crippen LogP contribution in [0.3, 0.4) is 0 Å². The fourth-order valence-electron chi connectivity index (χ4n) is 2.43. The van der Waals surface area contributed by atoms with Crippen molar-refractivity contribution in [3.8, 4) is 0 Å². The number of aliphatic hydroxyl groups is 2. The molecule has 0 amide bonds. The molecule has 0 aromatic carbocycles. The summed E-state index contributed by atoms with van der Waals surface area (Å²) in [6, 6.07) is 0. The molecule has 0 saturated carbocycles. The summed E-state index contributed by atoms with van der Waals surface area (Å²) in [5, 5.41) is 18.6. The van der Waals surface area contributed by atoms with Gasteiger partial charge in [0.05, 0.1) is 13.2 Å². The van der Waals surface area contributed by atoms with Crippen molar-refractivity contribution < 1.29 is 29.3 Å². The highest BCUT2D eigenvalue weighted by Crippen LogP contribution is 2.21. The highest BCUT2D eigenvalue weighted by molar-refractivity contribution is 6.16. The number of rotatable bonds is 13.